The van der Waals surface area contributed by atoms with Gasteiger partial charge in [0.15, 0.2) is 16.1 Å². The molecule has 1 aliphatic rings. The number of rotatable bonds is 8. The van der Waals surface area contributed by atoms with Gasteiger partial charge < -0.3 is 14.6 Å². The molecule has 1 amide bonds. The molecule has 0 bridgehead atoms. The summed E-state index contributed by atoms with van der Waals surface area (Å²) >= 11 is 2.84. The van der Waals surface area contributed by atoms with Crippen molar-refractivity contribution in [2.75, 3.05) is 37.4 Å². The van der Waals surface area contributed by atoms with Crippen LogP contribution in [0.3, 0.4) is 0 Å². The number of thioether (sulfide) groups is 1. The molecule has 1 aromatic carbocycles. The number of nitrogens with zero attached hydrogens (tertiary/aromatic N) is 5. The smallest absolute Gasteiger partial charge is 0.236 e. The van der Waals surface area contributed by atoms with E-state index in [1.807, 2.05) is 22.1 Å². The molecule has 1 aliphatic heterocycles. The van der Waals surface area contributed by atoms with Gasteiger partial charge in [-0.3, -0.25) is 9.69 Å². The summed E-state index contributed by atoms with van der Waals surface area (Å²) in [5.41, 5.74) is 3.18. The molecule has 4 rings (SSSR count). The fourth-order valence-electron chi connectivity index (χ4n) is 3.39. The van der Waals surface area contributed by atoms with Gasteiger partial charge >= 0.3 is 0 Å². The second kappa shape index (κ2) is 10.4. The van der Waals surface area contributed by atoms with E-state index in [2.05, 4.69) is 51.4 Å². The van der Waals surface area contributed by atoms with Crippen molar-refractivity contribution in [3.8, 4) is 11.4 Å². The van der Waals surface area contributed by atoms with Crippen LogP contribution < -0.4 is 5.32 Å². The third kappa shape index (κ3) is 5.70. The molecular formula is C21H26N6O2S2. The summed E-state index contributed by atoms with van der Waals surface area (Å²) in [5, 5.41) is 14.9. The second-order valence-electron chi connectivity index (χ2n) is 7.29. The molecule has 0 saturated carbocycles. The van der Waals surface area contributed by atoms with Gasteiger partial charge in [0.05, 0.1) is 24.7 Å². The highest BCUT2D eigenvalue weighted by molar-refractivity contribution is 7.99. The number of nitrogens with one attached hydrogen (secondary N) is 1. The van der Waals surface area contributed by atoms with E-state index >= 15 is 0 Å². The number of carbonyl (C=O) groups excluding carboxylic acids is 1. The van der Waals surface area contributed by atoms with Crippen LogP contribution in [0.1, 0.15) is 18.2 Å². The highest BCUT2D eigenvalue weighted by atomic mass is 32.2. The Morgan fingerprint density at radius 3 is 2.90 bits per heavy atom. The van der Waals surface area contributed by atoms with E-state index in [1.54, 1.807) is 0 Å². The first kappa shape index (κ1) is 21.9. The molecule has 0 aliphatic carbocycles. The van der Waals surface area contributed by atoms with Gasteiger partial charge in [-0.25, -0.2) is 4.98 Å². The Balaban J connectivity index is 1.33. The molecule has 1 N–H and O–H groups in total. The first-order valence-electron chi connectivity index (χ1n) is 10.3. The minimum atomic E-state index is -0.0972. The van der Waals surface area contributed by atoms with Crippen molar-refractivity contribution in [2.24, 2.45) is 0 Å². The summed E-state index contributed by atoms with van der Waals surface area (Å²) in [4.78, 5) is 19.3. The normalized spacial score (nSPS) is 14.6. The Bertz CT molecular complexity index is 1030. The van der Waals surface area contributed by atoms with Crippen molar-refractivity contribution in [1.29, 1.82) is 0 Å². The van der Waals surface area contributed by atoms with Crippen LogP contribution in [0, 0.1) is 6.92 Å². The summed E-state index contributed by atoms with van der Waals surface area (Å²) in [6, 6.07) is 8.19. The molecular weight excluding hydrogens is 432 g/mol. The maximum atomic E-state index is 12.5. The fourth-order valence-corrected chi connectivity index (χ4v) is 4.91. The fraction of sp³-hybridized carbons (Fsp3) is 0.429. The SMILES string of the molecule is CCn1c(SCC(=O)Nc2nc(CN3CCOCC3)cs2)nnc1-c1cccc(C)c1. The molecule has 31 heavy (non-hydrogen) atoms. The number of carbonyl (C=O) groups is 1. The molecule has 164 valence electrons. The highest BCUT2D eigenvalue weighted by Crippen LogP contribution is 2.25. The second-order valence-corrected chi connectivity index (χ2v) is 9.09. The van der Waals surface area contributed by atoms with Crippen LogP contribution in [0.4, 0.5) is 5.13 Å². The molecule has 0 atom stereocenters. The zero-order chi connectivity index (χ0) is 21.6. The Kier molecular flexibility index (Phi) is 7.33. The van der Waals surface area contributed by atoms with Crippen molar-refractivity contribution in [3.63, 3.8) is 0 Å². The van der Waals surface area contributed by atoms with Gasteiger partial charge in [-0.1, -0.05) is 35.5 Å². The Morgan fingerprint density at radius 2 is 2.13 bits per heavy atom. The van der Waals surface area contributed by atoms with Crippen molar-refractivity contribution in [1.82, 2.24) is 24.6 Å². The van der Waals surface area contributed by atoms with Gasteiger partial charge in [0.1, 0.15) is 0 Å². The number of benzene rings is 1. The van der Waals surface area contributed by atoms with Crippen molar-refractivity contribution in [2.45, 2.75) is 32.1 Å². The van der Waals surface area contributed by atoms with Gasteiger partial charge in [-0.2, -0.15) is 0 Å². The maximum absolute atomic E-state index is 12.5. The topological polar surface area (TPSA) is 85.2 Å². The predicted octanol–water partition coefficient (Wildman–Crippen LogP) is 3.29. The zero-order valence-electron chi connectivity index (χ0n) is 17.7. The molecule has 0 radical (unpaired) electrons. The molecule has 0 spiro atoms. The lowest BCUT2D eigenvalue weighted by Crippen LogP contribution is -2.35. The lowest BCUT2D eigenvalue weighted by molar-refractivity contribution is -0.113. The van der Waals surface area contributed by atoms with Crippen LogP contribution in [0.2, 0.25) is 0 Å². The highest BCUT2D eigenvalue weighted by Gasteiger charge is 2.16. The Labute approximate surface area is 190 Å². The average molecular weight is 459 g/mol. The standard InChI is InChI=1S/C21H26N6O2S2/c1-3-27-19(16-6-4-5-15(2)11-16)24-25-21(27)31-14-18(28)23-20-22-17(13-30-20)12-26-7-9-29-10-8-26/h4-6,11,13H,3,7-10,12,14H2,1-2H3,(H,22,23,28). The summed E-state index contributed by atoms with van der Waals surface area (Å²) in [7, 11) is 0. The average Bonchev–Trinajstić information content (AvgIpc) is 3.39. The minimum absolute atomic E-state index is 0.0972. The van der Waals surface area contributed by atoms with E-state index in [-0.39, 0.29) is 11.7 Å². The van der Waals surface area contributed by atoms with Crippen molar-refractivity contribution >= 4 is 34.1 Å². The number of aryl methyl sites for hydroxylation is 1. The molecule has 10 heteroatoms. The van der Waals surface area contributed by atoms with Gasteiger partial charge in [-0.15, -0.1) is 21.5 Å². The first-order valence-corrected chi connectivity index (χ1v) is 12.2. The molecule has 1 fully saturated rings. The third-order valence-electron chi connectivity index (χ3n) is 4.93. The van der Waals surface area contributed by atoms with E-state index in [4.69, 9.17) is 4.74 Å². The van der Waals surface area contributed by atoms with Crippen LogP contribution in [-0.4, -0.2) is 62.6 Å². The van der Waals surface area contributed by atoms with E-state index in [1.165, 1.54) is 28.7 Å². The van der Waals surface area contributed by atoms with Crippen LogP contribution in [-0.2, 0) is 22.6 Å². The lowest BCUT2D eigenvalue weighted by atomic mass is 10.1. The monoisotopic (exact) mass is 458 g/mol. The van der Waals surface area contributed by atoms with E-state index < -0.39 is 0 Å². The molecule has 8 nitrogen and oxygen atoms in total. The van der Waals surface area contributed by atoms with Crippen molar-refractivity contribution in [3.05, 3.63) is 40.9 Å². The molecule has 2 aromatic heterocycles. The van der Waals surface area contributed by atoms with Crippen LogP contribution in [0.15, 0.2) is 34.8 Å². The van der Waals surface area contributed by atoms with Crippen LogP contribution in [0.5, 0.6) is 0 Å². The number of hydrogen-bond donors (Lipinski definition) is 1. The number of aromatic nitrogens is 4. The maximum Gasteiger partial charge on any atom is 0.236 e. The predicted molar refractivity (Wildman–Crippen MR) is 123 cm³/mol. The number of thiazole rings is 1. The van der Waals surface area contributed by atoms with Gasteiger partial charge in [-0.05, 0) is 19.9 Å². The first-order chi connectivity index (χ1) is 15.1. The van der Waals surface area contributed by atoms with Crippen LogP contribution in [0.25, 0.3) is 11.4 Å². The van der Waals surface area contributed by atoms with Gasteiger partial charge in [0, 0.05) is 37.1 Å². The van der Waals surface area contributed by atoms with Crippen LogP contribution >= 0.6 is 23.1 Å². The van der Waals surface area contributed by atoms with Gasteiger partial charge in [0.2, 0.25) is 5.91 Å². The Hall–Kier alpha value is -2.27. The zero-order valence-corrected chi connectivity index (χ0v) is 19.3. The Morgan fingerprint density at radius 1 is 1.29 bits per heavy atom. The largest absolute Gasteiger partial charge is 0.379 e. The summed E-state index contributed by atoms with van der Waals surface area (Å²) in [5.74, 6) is 0.978. The molecule has 0 unspecified atom stereocenters. The third-order valence-corrected chi connectivity index (χ3v) is 6.70. The van der Waals surface area contributed by atoms with Gasteiger partial charge in [0.25, 0.3) is 0 Å². The number of ether oxygens (including phenoxy) is 1. The van der Waals surface area contributed by atoms with E-state index in [0.717, 1.165) is 61.6 Å². The summed E-state index contributed by atoms with van der Waals surface area (Å²) in [6.07, 6.45) is 0. The summed E-state index contributed by atoms with van der Waals surface area (Å²) in [6.45, 7) is 8.98. The molecule has 3 heterocycles. The number of amides is 1. The van der Waals surface area contributed by atoms with Crippen molar-refractivity contribution < 1.29 is 9.53 Å². The van der Waals surface area contributed by atoms with E-state index in [9.17, 15) is 4.79 Å². The number of hydrogen-bond acceptors (Lipinski definition) is 8. The lowest BCUT2D eigenvalue weighted by Gasteiger charge is -2.25. The summed E-state index contributed by atoms with van der Waals surface area (Å²) < 4.78 is 7.42. The molecule has 3 aromatic rings. The van der Waals surface area contributed by atoms with E-state index in [0.29, 0.717) is 5.13 Å². The quantitative estimate of drug-likeness (QED) is 0.519. The number of morpholine rings is 1. The minimum Gasteiger partial charge on any atom is -0.379 e. The molecule has 1 saturated heterocycles. The number of anilines is 1.